The maximum absolute atomic E-state index is 10.2. The minimum Gasteiger partial charge on any atom is -0.390 e. The van der Waals surface area contributed by atoms with E-state index in [2.05, 4.69) is 4.98 Å². The van der Waals surface area contributed by atoms with Gasteiger partial charge in [0.1, 0.15) is 5.15 Å². The Kier molecular flexibility index (Phi) is 3.24. The summed E-state index contributed by atoms with van der Waals surface area (Å²) in [6.45, 7) is 5.85. The molecule has 1 aromatic rings. The van der Waals surface area contributed by atoms with Crippen molar-refractivity contribution in [3.05, 3.63) is 39.7 Å². The average molecular weight is 292 g/mol. The zero-order chi connectivity index (χ0) is 14.5. The molecule has 20 heavy (non-hydrogen) atoms. The van der Waals surface area contributed by atoms with E-state index in [0.29, 0.717) is 11.6 Å². The molecule has 1 saturated heterocycles. The van der Waals surface area contributed by atoms with Crippen LogP contribution in [0.4, 0.5) is 0 Å². The van der Waals surface area contributed by atoms with Crippen LogP contribution in [0.2, 0.25) is 5.15 Å². The third-order valence-electron chi connectivity index (χ3n) is 4.05. The molecule has 1 N–H and O–H groups in total. The first-order valence-corrected chi connectivity index (χ1v) is 7.16. The van der Waals surface area contributed by atoms with Crippen LogP contribution in [0.3, 0.4) is 0 Å². The molecule has 2 unspecified atom stereocenters. The molecular formula is C16H18ClNO2. The molecule has 0 bridgehead atoms. The number of halogens is 1. The summed E-state index contributed by atoms with van der Waals surface area (Å²) in [7, 11) is 0. The standard InChI is InChI=1S/C16H18ClNO2/c1-9-6-15(17)18-12-7-10-8-14(19)16(2,3)20-13(10)5-4-11(9)12/h4-7,13-14,19H,8H2,1-3H3. The highest BCUT2D eigenvalue weighted by Crippen LogP contribution is 2.36. The van der Waals surface area contributed by atoms with Gasteiger partial charge in [0, 0.05) is 12.0 Å². The van der Waals surface area contributed by atoms with Gasteiger partial charge in [0.05, 0.1) is 23.5 Å². The molecule has 0 spiro atoms. The lowest BCUT2D eigenvalue weighted by Crippen LogP contribution is -2.47. The number of pyridine rings is 1. The van der Waals surface area contributed by atoms with Gasteiger partial charge in [0.15, 0.2) is 0 Å². The molecule has 0 aromatic carbocycles. The van der Waals surface area contributed by atoms with Crippen molar-refractivity contribution in [3.8, 4) is 0 Å². The molecular weight excluding hydrogens is 274 g/mol. The number of hydrogen-bond acceptors (Lipinski definition) is 3. The topological polar surface area (TPSA) is 42.4 Å². The number of fused-ring (bicyclic) bond motifs is 2. The third-order valence-corrected chi connectivity index (χ3v) is 4.24. The fraction of sp³-hybridized carbons (Fsp3) is 0.438. The fourth-order valence-corrected chi connectivity index (χ4v) is 2.98. The van der Waals surface area contributed by atoms with Crippen LogP contribution >= 0.6 is 11.6 Å². The van der Waals surface area contributed by atoms with Crippen LogP contribution in [0.25, 0.3) is 12.2 Å². The Morgan fingerprint density at radius 2 is 2.20 bits per heavy atom. The van der Waals surface area contributed by atoms with Gasteiger partial charge in [-0.25, -0.2) is 4.98 Å². The van der Waals surface area contributed by atoms with E-state index in [0.717, 1.165) is 22.4 Å². The molecule has 0 radical (unpaired) electrons. The second-order valence-corrected chi connectivity index (χ2v) is 6.39. The molecule has 1 aromatic heterocycles. The molecule has 0 amide bonds. The molecule has 1 aliphatic carbocycles. The molecule has 3 rings (SSSR count). The van der Waals surface area contributed by atoms with E-state index in [4.69, 9.17) is 16.3 Å². The zero-order valence-electron chi connectivity index (χ0n) is 11.9. The summed E-state index contributed by atoms with van der Waals surface area (Å²) in [4.78, 5) is 4.39. The normalized spacial score (nSPS) is 27.4. The Labute approximate surface area is 123 Å². The zero-order valence-corrected chi connectivity index (χ0v) is 12.6. The number of aliphatic hydroxyl groups is 1. The second-order valence-electron chi connectivity index (χ2n) is 6.00. The van der Waals surface area contributed by atoms with Crippen LogP contribution in [0.5, 0.6) is 0 Å². The fourth-order valence-electron chi connectivity index (χ4n) is 2.72. The van der Waals surface area contributed by atoms with E-state index in [1.165, 1.54) is 0 Å². The van der Waals surface area contributed by atoms with Gasteiger partial charge in [-0.15, -0.1) is 0 Å². The SMILES string of the molecule is Cc1cc(Cl)nc2c1C=CC1OC(C)(C)C(O)CC1=C2. The molecule has 106 valence electrons. The molecule has 1 fully saturated rings. The van der Waals surface area contributed by atoms with Crippen molar-refractivity contribution in [1.82, 2.24) is 4.98 Å². The van der Waals surface area contributed by atoms with Gasteiger partial charge >= 0.3 is 0 Å². The minimum atomic E-state index is -0.539. The van der Waals surface area contributed by atoms with E-state index in [-0.39, 0.29) is 6.10 Å². The lowest BCUT2D eigenvalue weighted by Gasteiger charge is -2.40. The summed E-state index contributed by atoms with van der Waals surface area (Å²) in [6, 6.07) is 1.86. The Hall–Kier alpha value is -1.16. The number of ether oxygens (including phenoxy) is 1. The molecule has 1 aliphatic heterocycles. The number of aryl methyl sites for hydroxylation is 1. The van der Waals surface area contributed by atoms with E-state index in [1.807, 2.05) is 45.1 Å². The van der Waals surface area contributed by atoms with Crippen LogP contribution in [0.1, 0.15) is 37.1 Å². The first kappa shape index (κ1) is 13.8. The second kappa shape index (κ2) is 4.69. The van der Waals surface area contributed by atoms with Gasteiger partial charge < -0.3 is 9.84 Å². The van der Waals surface area contributed by atoms with Crippen molar-refractivity contribution in [2.24, 2.45) is 0 Å². The van der Waals surface area contributed by atoms with Gasteiger partial charge in [0.25, 0.3) is 0 Å². The van der Waals surface area contributed by atoms with Crippen molar-refractivity contribution < 1.29 is 9.84 Å². The predicted molar refractivity (Wildman–Crippen MR) is 80.6 cm³/mol. The molecule has 0 saturated carbocycles. The number of rotatable bonds is 0. The smallest absolute Gasteiger partial charge is 0.130 e. The predicted octanol–water partition coefficient (Wildman–Crippen LogP) is 3.38. The maximum Gasteiger partial charge on any atom is 0.130 e. The third kappa shape index (κ3) is 2.30. The minimum absolute atomic E-state index is 0.110. The van der Waals surface area contributed by atoms with E-state index in [9.17, 15) is 5.11 Å². The van der Waals surface area contributed by atoms with E-state index < -0.39 is 11.7 Å². The number of nitrogens with zero attached hydrogens (tertiary/aromatic N) is 1. The van der Waals surface area contributed by atoms with Crippen molar-refractivity contribution in [2.75, 3.05) is 0 Å². The summed E-state index contributed by atoms with van der Waals surface area (Å²) >= 11 is 6.04. The molecule has 4 heteroatoms. The molecule has 2 aliphatic rings. The highest BCUT2D eigenvalue weighted by atomic mass is 35.5. The average Bonchev–Trinajstić information content (AvgIpc) is 2.49. The lowest BCUT2D eigenvalue weighted by atomic mass is 9.88. The summed E-state index contributed by atoms with van der Waals surface area (Å²) in [5.41, 5.74) is 3.50. The van der Waals surface area contributed by atoms with Crippen LogP contribution in [0.15, 0.2) is 17.7 Å². The highest BCUT2D eigenvalue weighted by molar-refractivity contribution is 6.29. The van der Waals surface area contributed by atoms with Gasteiger partial charge in [0.2, 0.25) is 0 Å². The highest BCUT2D eigenvalue weighted by Gasteiger charge is 2.38. The van der Waals surface area contributed by atoms with Crippen LogP contribution in [-0.2, 0) is 4.74 Å². The first-order chi connectivity index (χ1) is 9.37. The summed E-state index contributed by atoms with van der Waals surface area (Å²) in [6.07, 6.45) is 6.04. The molecule has 2 heterocycles. The van der Waals surface area contributed by atoms with Crippen LogP contribution in [0, 0.1) is 6.92 Å². The Balaban J connectivity index is 2.08. The van der Waals surface area contributed by atoms with Crippen molar-refractivity contribution in [1.29, 1.82) is 0 Å². The van der Waals surface area contributed by atoms with Crippen LogP contribution in [-0.4, -0.2) is 27.9 Å². The summed E-state index contributed by atoms with van der Waals surface area (Å²) in [5, 5.41) is 10.7. The van der Waals surface area contributed by atoms with Gasteiger partial charge in [-0.2, -0.15) is 0 Å². The van der Waals surface area contributed by atoms with Crippen LogP contribution < -0.4 is 0 Å². The Morgan fingerprint density at radius 3 is 2.95 bits per heavy atom. The Morgan fingerprint density at radius 1 is 1.45 bits per heavy atom. The number of aromatic nitrogens is 1. The van der Waals surface area contributed by atoms with Crippen molar-refractivity contribution in [2.45, 2.75) is 45.0 Å². The van der Waals surface area contributed by atoms with E-state index in [1.54, 1.807) is 0 Å². The summed E-state index contributed by atoms with van der Waals surface area (Å²) in [5.74, 6) is 0. The van der Waals surface area contributed by atoms with Gasteiger partial charge in [-0.3, -0.25) is 0 Å². The largest absolute Gasteiger partial charge is 0.390 e. The van der Waals surface area contributed by atoms with Crippen molar-refractivity contribution >= 4 is 23.8 Å². The molecule has 3 nitrogen and oxygen atoms in total. The quantitative estimate of drug-likeness (QED) is 0.745. The number of aliphatic hydroxyl groups excluding tert-OH is 1. The van der Waals surface area contributed by atoms with Gasteiger partial charge in [-0.1, -0.05) is 23.8 Å². The van der Waals surface area contributed by atoms with E-state index >= 15 is 0 Å². The molecule has 2 atom stereocenters. The van der Waals surface area contributed by atoms with Gasteiger partial charge in [-0.05, 0) is 44.1 Å². The monoisotopic (exact) mass is 291 g/mol. The van der Waals surface area contributed by atoms with Crippen molar-refractivity contribution in [3.63, 3.8) is 0 Å². The maximum atomic E-state index is 10.2. The number of hydrogen-bond donors (Lipinski definition) is 1. The Bertz CT molecular complexity index is 619. The summed E-state index contributed by atoms with van der Waals surface area (Å²) < 4.78 is 6.01. The lowest BCUT2D eigenvalue weighted by molar-refractivity contribution is -0.134. The first-order valence-electron chi connectivity index (χ1n) is 6.78.